The maximum atomic E-state index is 6.62. The molecule has 0 radical (unpaired) electrons. The van der Waals surface area contributed by atoms with Crippen LogP contribution in [0, 0.1) is 18.8 Å². The van der Waals surface area contributed by atoms with Gasteiger partial charge in [-0.15, -0.1) is 0 Å². The summed E-state index contributed by atoms with van der Waals surface area (Å²) in [5, 5.41) is 4.57. The van der Waals surface area contributed by atoms with Gasteiger partial charge in [0.05, 0.1) is 35.7 Å². The van der Waals surface area contributed by atoms with Gasteiger partial charge in [-0.2, -0.15) is 0 Å². The Morgan fingerprint density at radius 1 is 1.08 bits per heavy atom. The summed E-state index contributed by atoms with van der Waals surface area (Å²) >= 11 is 3.55. The molecule has 2 saturated carbocycles. The molecule has 10 nitrogen and oxygen atoms in total. The van der Waals surface area contributed by atoms with Crippen LogP contribution in [0.4, 0.5) is 5.82 Å². The molecule has 1 saturated heterocycles. The number of aromatic nitrogens is 5. The van der Waals surface area contributed by atoms with E-state index in [9.17, 15) is 0 Å². The summed E-state index contributed by atoms with van der Waals surface area (Å²) < 4.78 is 22.0. The van der Waals surface area contributed by atoms with Crippen LogP contribution in [0.5, 0.6) is 5.75 Å². The number of anilines is 1. The van der Waals surface area contributed by atoms with Crippen molar-refractivity contribution in [3.05, 3.63) is 76.4 Å². The number of hydrogen-bond acceptors (Lipinski definition) is 8. The van der Waals surface area contributed by atoms with Crippen LogP contribution in [0.3, 0.4) is 0 Å². The van der Waals surface area contributed by atoms with E-state index >= 15 is 0 Å². The lowest BCUT2D eigenvalue weighted by Gasteiger charge is -2.42. The first-order valence-electron chi connectivity index (χ1n) is 17.5. The Bertz CT molecular complexity index is 1970. The highest BCUT2D eigenvalue weighted by molar-refractivity contribution is 9.10. The quantitative estimate of drug-likeness (QED) is 0.145. The molecule has 2 aromatic carbocycles. The summed E-state index contributed by atoms with van der Waals surface area (Å²) in [7, 11) is 3.99. The van der Waals surface area contributed by atoms with Gasteiger partial charge in [0, 0.05) is 42.1 Å². The number of halogens is 1. The van der Waals surface area contributed by atoms with E-state index in [2.05, 4.69) is 97.2 Å². The molecule has 2 N–H and O–H groups in total. The van der Waals surface area contributed by atoms with Crippen molar-refractivity contribution < 1.29 is 14.2 Å². The summed E-state index contributed by atoms with van der Waals surface area (Å²) in [4.78, 5) is 20.3. The fraction of sp³-hybridized carbons (Fsp3) is 0.500. The standard InChI is InChI=1S/C38H46BrN7O3/c1-22-14-28(47-5)9-7-24(22)19-40-36-29-12-13-46(37(29)42-21-41-36)32-17-25(34-35(32)49-38(2,3)48-34)20-45(4)27-15-23(16-27)6-11-33-43-30-10-8-26(39)18-31(30)44-33/h7-10,12-14,18,21,23,25,27,32,34-35H,6,11,15-17,19-20H2,1-5H3,(H,43,44)(H,40,41,42)/t23?,25-,27?,32-,34-,35+/m1/s1. The molecular weight excluding hydrogens is 682 g/mol. The number of rotatable bonds is 11. The molecule has 3 fully saturated rings. The van der Waals surface area contributed by atoms with E-state index in [-0.39, 0.29) is 18.2 Å². The van der Waals surface area contributed by atoms with E-state index in [0.717, 1.165) is 69.2 Å². The number of methoxy groups -OCH3 is 1. The molecule has 2 aliphatic carbocycles. The molecular formula is C38H46BrN7O3. The molecule has 0 bridgehead atoms. The highest BCUT2D eigenvalue weighted by Gasteiger charge is 2.55. The Morgan fingerprint density at radius 2 is 1.92 bits per heavy atom. The lowest BCUT2D eigenvalue weighted by atomic mass is 9.76. The second-order valence-corrected chi connectivity index (χ2v) is 15.7. The van der Waals surface area contributed by atoms with Gasteiger partial charge in [-0.25, -0.2) is 15.0 Å². The topological polar surface area (TPSA) is 102 Å². The largest absolute Gasteiger partial charge is 0.497 e. The minimum Gasteiger partial charge on any atom is -0.497 e. The Morgan fingerprint density at radius 3 is 2.73 bits per heavy atom. The number of imidazole rings is 1. The fourth-order valence-electron chi connectivity index (χ4n) is 8.37. The summed E-state index contributed by atoms with van der Waals surface area (Å²) in [6.45, 7) is 7.85. The molecule has 1 aliphatic heterocycles. The highest BCUT2D eigenvalue weighted by atomic mass is 79.9. The van der Waals surface area contributed by atoms with Gasteiger partial charge in [0.1, 0.15) is 35.5 Å². The fourth-order valence-corrected chi connectivity index (χ4v) is 8.72. The summed E-state index contributed by atoms with van der Waals surface area (Å²) in [6.07, 6.45) is 9.45. The molecule has 11 heteroatoms. The van der Waals surface area contributed by atoms with E-state index in [1.54, 1.807) is 13.4 Å². The third-order valence-electron chi connectivity index (χ3n) is 11.1. The average Bonchev–Trinajstić information content (AvgIpc) is 3.81. The van der Waals surface area contributed by atoms with Gasteiger partial charge >= 0.3 is 0 Å². The zero-order valence-corrected chi connectivity index (χ0v) is 30.5. The Balaban J connectivity index is 0.915. The van der Waals surface area contributed by atoms with Crippen molar-refractivity contribution in [2.24, 2.45) is 11.8 Å². The number of H-pyrrole nitrogens is 1. The number of aryl methyl sites for hydroxylation is 2. The lowest BCUT2D eigenvalue weighted by Crippen LogP contribution is -2.46. The van der Waals surface area contributed by atoms with Crippen molar-refractivity contribution in [2.75, 3.05) is 26.0 Å². The van der Waals surface area contributed by atoms with Crippen LogP contribution in [0.2, 0.25) is 0 Å². The van der Waals surface area contributed by atoms with Gasteiger partial charge in [0.2, 0.25) is 0 Å². The van der Waals surface area contributed by atoms with E-state index in [0.29, 0.717) is 18.5 Å². The van der Waals surface area contributed by atoms with Gasteiger partial charge in [-0.05, 0) is 107 Å². The Hall–Kier alpha value is -3.51. The second-order valence-electron chi connectivity index (χ2n) is 14.8. The van der Waals surface area contributed by atoms with Crippen molar-refractivity contribution in [3.63, 3.8) is 0 Å². The minimum atomic E-state index is -0.611. The van der Waals surface area contributed by atoms with Crippen LogP contribution < -0.4 is 10.1 Å². The van der Waals surface area contributed by atoms with Crippen molar-refractivity contribution >= 4 is 43.8 Å². The van der Waals surface area contributed by atoms with E-state index in [4.69, 9.17) is 24.2 Å². The predicted octanol–water partition coefficient (Wildman–Crippen LogP) is 7.42. The van der Waals surface area contributed by atoms with Gasteiger partial charge < -0.3 is 34.0 Å². The smallest absolute Gasteiger partial charge is 0.163 e. The molecule has 4 heterocycles. The van der Waals surface area contributed by atoms with Gasteiger partial charge in [0.25, 0.3) is 0 Å². The highest BCUT2D eigenvalue weighted by Crippen LogP contribution is 2.48. The van der Waals surface area contributed by atoms with Crippen LogP contribution in [0.15, 0.2) is 59.5 Å². The van der Waals surface area contributed by atoms with E-state index < -0.39 is 5.79 Å². The molecule has 4 atom stereocenters. The lowest BCUT2D eigenvalue weighted by molar-refractivity contribution is -0.161. The molecule has 8 rings (SSSR count). The molecule has 3 aliphatic rings. The minimum absolute atomic E-state index is 0.0316. The van der Waals surface area contributed by atoms with Gasteiger partial charge in [0.15, 0.2) is 5.79 Å². The van der Waals surface area contributed by atoms with E-state index in [1.165, 1.54) is 30.4 Å². The number of aromatic amines is 1. The number of benzene rings is 2. The number of ether oxygens (including phenoxy) is 3. The normalized spacial score (nSPS) is 26.0. The summed E-state index contributed by atoms with van der Waals surface area (Å²) in [5.41, 5.74) is 5.44. The van der Waals surface area contributed by atoms with Crippen LogP contribution in [-0.4, -0.2) is 74.1 Å². The number of fused-ring (bicyclic) bond motifs is 3. The molecule has 0 amide bonds. The molecule has 3 aromatic heterocycles. The monoisotopic (exact) mass is 727 g/mol. The predicted molar refractivity (Wildman–Crippen MR) is 195 cm³/mol. The number of nitrogens with one attached hydrogen (secondary N) is 2. The SMILES string of the molecule is COc1ccc(CNc2ncnc3c2ccn3[C@@H]2C[C@H](CN(C)C3CC(CCc4nc5cc(Br)ccc5[nH]4)C3)[C@H]3OC(C)(C)O[C@H]32)c(C)c1. The number of nitrogens with zero attached hydrogens (tertiary/aromatic N) is 5. The number of hydrogen-bond donors (Lipinski definition) is 2. The first-order chi connectivity index (χ1) is 23.6. The van der Waals surface area contributed by atoms with Gasteiger partial charge in [-0.1, -0.05) is 22.0 Å². The van der Waals surface area contributed by atoms with Crippen molar-refractivity contribution in [2.45, 2.75) is 89.5 Å². The first-order valence-corrected chi connectivity index (χ1v) is 18.3. The molecule has 49 heavy (non-hydrogen) atoms. The van der Waals surface area contributed by atoms with Gasteiger partial charge in [-0.3, -0.25) is 0 Å². The summed E-state index contributed by atoms with van der Waals surface area (Å²) in [5.74, 6) is 3.28. The van der Waals surface area contributed by atoms with Crippen LogP contribution >= 0.6 is 15.9 Å². The maximum Gasteiger partial charge on any atom is 0.163 e. The third-order valence-corrected chi connectivity index (χ3v) is 11.5. The maximum absolute atomic E-state index is 6.62. The van der Waals surface area contributed by atoms with Crippen LogP contribution in [0.1, 0.15) is 62.5 Å². The molecule has 0 unspecified atom stereocenters. The molecule has 0 spiro atoms. The third kappa shape index (κ3) is 6.46. The summed E-state index contributed by atoms with van der Waals surface area (Å²) in [6, 6.07) is 15.3. The molecule has 258 valence electrons. The average molecular weight is 729 g/mol. The zero-order chi connectivity index (χ0) is 33.9. The van der Waals surface area contributed by atoms with Crippen LogP contribution in [0.25, 0.3) is 22.1 Å². The molecule has 5 aromatic rings. The Kier molecular flexibility index (Phi) is 8.66. The zero-order valence-electron chi connectivity index (χ0n) is 28.9. The Labute approximate surface area is 296 Å². The van der Waals surface area contributed by atoms with Crippen molar-refractivity contribution in [3.8, 4) is 5.75 Å². The van der Waals surface area contributed by atoms with Crippen LogP contribution in [-0.2, 0) is 22.4 Å². The van der Waals surface area contributed by atoms with Crippen molar-refractivity contribution in [1.82, 2.24) is 29.4 Å². The van der Waals surface area contributed by atoms with Crippen molar-refractivity contribution in [1.29, 1.82) is 0 Å². The first kappa shape index (κ1) is 32.7. The van der Waals surface area contributed by atoms with E-state index in [1.807, 2.05) is 19.9 Å². The second kappa shape index (κ2) is 13.0.